The van der Waals surface area contributed by atoms with Crippen molar-refractivity contribution in [2.75, 3.05) is 18.0 Å². The minimum atomic E-state index is -4.30. The second-order valence-electron chi connectivity index (χ2n) is 10.7. The summed E-state index contributed by atoms with van der Waals surface area (Å²) < 4.78 is 48.0. The van der Waals surface area contributed by atoms with Gasteiger partial charge in [-0.3, -0.25) is 13.9 Å². The first-order valence-corrected chi connectivity index (χ1v) is 14.7. The summed E-state index contributed by atoms with van der Waals surface area (Å²) in [7, 11) is -2.93. The van der Waals surface area contributed by atoms with E-state index in [9.17, 15) is 22.4 Å². The van der Waals surface area contributed by atoms with E-state index in [0.717, 1.165) is 9.87 Å². The van der Waals surface area contributed by atoms with Crippen LogP contribution in [0.4, 0.5) is 10.1 Å². The SMILES string of the molecule is COc1ccc(Cl)cc1N(CC(=O)N(Cc1ccc(F)cc1)C(C)C(=O)NC(C)(C)C)S(=O)(=O)c1ccc(C)cc1. The lowest BCUT2D eigenvalue weighted by molar-refractivity contribution is -0.140. The highest BCUT2D eigenvalue weighted by Gasteiger charge is 2.34. The number of ether oxygens (including phenoxy) is 1. The van der Waals surface area contributed by atoms with Crippen molar-refractivity contribution < 1.29 is 27.1 Å². The van der Waals surface area contributed by atoms with Crippen molar-refractivity contribution in [1.29, 1.82) is 0 Å². The number of halogens is 2. The van der Waals surface area contributed by atoms with E-state index < -0.39 is 45.8 Å². The van der Waals surface area contributed by atoms with E-state index in [0.29, 0.717) is 5.56 Å². The summed E-state index contributed by atoms with van der Waals surface area (Å²) in [6.07, 6.45) is 0. The molecular weight excluding hydrogens is 569 g/mol. The number of carbonyl (C=O) groups excluding carboxylic acids is 2. The van der Waals surface area contributed by atoms with E-state index in [4.69, 9.17) is 16.3 Å². The van der Waals surface area contributed by atoms with Crippen molar-refractivity contribution in [3.63, 3.8) is 0 Å². The summed E-state index contributed by atoms with van der Waals surface area (Å²) >= 11 is 6.25. The van der Waals surface area contributed by atoms with E-state index >= 15 is 0 Å². The Balaban J connectivity index is 2.10. The highest BCUT2D eigenvalue weighted by atomic mass is 35.5. The van der Waals surface area contributed by atoms with Crippen LogP contribution in [0, 0.1) is 12.7 Å². The first kappa shape index (κ1) is 31.9. The Hall–Kier alpha value is -3.63. The van der Waals surface area contributed by atoms with Crippen LogP contribution in [0.15, 0.2) is 71.6 Å². The van der Waals surface area contributed by atoms with Gasteiger partial charge in [-0.1, -0.05) is 41.4 Å². The van der Waals surface area contributed by atoms with E-state index in [1.807, 2.05) is 27.7 Å². The maximum absolute atomic E-state index is 14.0. The van der Waals surface area contributed by atoms with Gasteiger partial charge in [0.15, 0.2) is 0 Å². The minimum absolute atomic E-state index is 0.0402. The highest BCUT2D eigenvalue weighted by molar-refractivity contribution is 7.92. The molecule has 3 aromatic rings. The normalized spacial score (nSPS) is 12.4. The zero-order chi connectivity index (χ0) is 30.5. The molecule has 0 aliphatic carbocycles. The van der Waals surface area contributed by atoms with Crippen LogP contribution in [0.25, 0.3) is 0 Å². The van der Waals surface area contributed by atoms with Gasteiger partial charge in [-0.15, -0.1) is 0 Å². The predicted octanol–water partition coefficient (Wildman–Crippen LogP) is 5.32. The third kappa shape index (κ3) is 8.20. The molecule has 1 N–H and O–H groups in total. The maximum atomic E-state index is 14.0. The molecule has 3 rings (SSSR count). The molecule has 0 radical (unpaired) electrons. The van der Waals surface area contributed by atoms with Gasteiger partial charge in [0.05, 0.1) is 17.7 Å². The Kier molecular flexibility index (Phi) is 10.0. The molecule has 0 heterocycles. The van der Waals surface area contributed by atoms with E-state index in [-0.39, 0.29) is 27.9 Å². The minimum Gasteiger partial charge on any atom is -0.495 e. The van der Waals surface area contributed by atoms with Crippen molar-refractivity contribution in [3.8, 4) is 5.75 Å². The topological polar surface area (TPSA) is 96.0 Å². The van der Waals surface area contributed by atoms with Crippen LogP contribution in [0.2, 0.25) is 5.02 Å². The molecule has 41 heavy (non-hydrogen) atoms. The molecule has 0 saturated carbocycles. The lowest BCUT2D eigenvalue weighted by Crippen LogP contribution is -2.54. The van der Waals surface area contributed by atoms with Gasteiger partial charge in [0.2, 0.25) is 11.8 Å². The zero-order valence-corrected chi connectivity index (χ0v) is 25.5. The first-order chi connectivity index (χ1) is 19.1. The van der Waals surface area contributed by atoms with E-state index in [1.165, 1.54) is 60.5 Å². The predicted molar refractivity (Wildman–Crippen MR) is 158 cm³/mol. The van der Waals surface area contributed by atoms with Gasteiger partial charge in [-0.2, -0.15) is 0 Å². The lowest BCUT2D eigenvalue weighted by atomic mass is 10.1. The quantitative estimate of drug-likeness (QED) is 0.338. The molecule has 0 saturated heterocycles. The van der Waals surface area contributed by atoms with Crippen LogP contribution in [0.5, 0.6) is 5.75 Å². The van der Waals surface area contributed by atoms with Crippen LogP contribution in [-0.4, -0.2) is 50.4 Å². The van der Waals surface area contributed by atoms with Crippen molar-refractivity contribution in [2.24, 2.45) is 0 Å². The molecule has 3 aromatic carbocycles. The fourth-order valence-corrected chi connectivity index (χ4v) is 5.63. The van der Waals surface area contributed by atoms with Gasteiger partial charge in [0.25, 0.3) is 10.0 Å². The molecule has 8 nitrogen and oxygen atoms in total. The number of benzene rings is 3. The molecule has 0 fully saturated rings. The highest BCUT2D eigenvalue weighted by Crippen LogP contribution is 2.35. The Morgan fingerprint density at radius 2 is 1.63 bits per heavy atom. The standard InChI is InChI=1S/C30H35ClFN3O5S/c1-20-7-14-25(15-8-20)41(38,39)35(26-17-23(31)11-16-27(26)40-6)19-28(36)34(18-22-9-12-24(32)13-10-22)21(2)29(37)33-30(3,4)5/h7-17,21H,18-19H2,1-6H3,(H,33,37). The Morgan fingerprint density at radius 3 is 2.20 bits per heavy atom. The van der Waals surface area contributed by atoms with Crippen molar-refractivity contribution in [1.82, 2.24) is 10.2 Å². The summed E-state index contributed by atoms with van der Waals surface area (Å²) in [5, 5.41) is 3.09. The van der Waals surface area contributed by atoms with Crippen LogP contribution in [-0.2, 0) is 26.2 Å². The molecule has 0 aliphatic rings. The van der Waals surface area contributed by atoms with E-state index in [2.05, 4.69) is 5.32 Å². The van der Waals surface area contributed by atoms with Crippen molar-refractivity contribution in [2.45, 2.75) is 57.6 Å². The molecule has 0 bridgehead atoms. The third-order valence-corrected chi connectivity index (χ3v) is 8.24. The number of sulfonamides is 1. The number of rotatable bonds is 10. The fraction of sp³-hybridized carbons (Fsp3) is 0.333. The molecule has 2 amide bonds. The smallest absolute Gasteiger partial charge is 0.264 e. The molecule has 0 aliphatic heterocycles. The monoisotopic (exact) mass is 603 g/mol. The molecule has 1 atom stereocenters. The molecule has 0 spiro atoms. The number of nitrogens with zero attached hydrogens (tertiary/aromatic N) is 2. The number of methoxy groups -OCH3 is 1. The van der Waals surface area contributed by atoms with Gasteiger partial charge in [0.1, 0.15) is 24.2 Å². The largest absolute Gasteiger partial charge is 0.495 e. The second-order valence-corrected chi connectivity index (χ2v) is 13.0. The van der Waals surface area contributed by atoms with Crippen LogP contribution in [0.3, 0.4) is 0 Å². The van der Waals surface area contributed by atoms with Gasteiger partial charge in [-0.25, -0.2) is 12.8 Å². The van der Waals surface area contributed by atoms with Crippen LogP contribution < -0.4 is 14.4 Å². The Bertz CT molecular complexity index is 1490. The molecular formula is C30H35ClFN3O5S. The number of anilines is 1. The first-order valence-electron chi connectivity index (χ1n) is 12.9. The summed E-state index contributed by atoms with van der Waals surface area (Å²) in [6.45, 7) is 8.09. The van der Waals surface area contributed by atoms with Crippen LogP contribution >= 0.6 is 11.6 Å². The number of aryl methyl sites for hydroxylation is 1. The lowest BCUT2D eigenvalue weighted by Gasteiger charge is -2.33. The summed E-state index contributed by atoms with van der Waals surface area (Å²) in [5.41, 5.74) is 0.896. The molecule has 1 unspecified atom stereocenters. The fourth-order valence-electron chi connectivity index (χ4n) is 4.05. The van der Waals surface area contributed by atoms with Crippen LogP contribution in [0.1, 0.15) is 38.8 Å². The second kappa shape index (κ2) is 12.9. The summed E-state index contributed by atoms with van der Waals surface area (Å²) in [5.74, 6) is -1.36. The van der Waals surface area contributed by atoms with Gasteiger partial charge >= 0.3 is 0 Å². The average Bonchev–Trinajstić information content (AvgIpc) is 2.90. The molecule has 11 heteroatoms. The van der Waals surface area contributed by atoms with Crippen molar-refractivity contribution >= 4 is 39.1 Å². The van der Waals surface area contributed by atoms with Gasteiger partial charge in [-0.05, 0) is 82.6 Å². The Labute approximate surface area is 246 Å². The van der Waals surface area contributed by atoms with Gasteiger partial charge in [0, 0.05) is 17.1 Å². The number of amides is 2. The average molecular weight is 604 g/mol. The summed E-state index contributed by atoms with van der Waals surface area (Å²) in [4.78, 5) is 28.4. The molecule has 220 valence electrons. The van der Waals surface area contributed by atoms with E-state index in [1.54, 1.807) is 25.1 Å². The number of hydrogen-bond donors (Lipinski definition) is 1. The number of carbonyl (C=O) groups is 2. The van der Waals surface area contributed by atoms with Crippen molar-refractivity contribution in [3.05, 3.63) is 88.7 Å². The zero-order valence-electron chi connectivity index (χ0n) is 23.9. The third-order valence-electron chi connectivity index (χ3n) is 6.23. The maximum Gasteiger partial charge on any atom is 0.264 e. The Morgan fingerprint density at radius 1 is 1.02 bits per heavy atom. The summed E-state index contributed by atoms with van der Waals surface area (Å²) in [6, 6.07) is 15.2. The molecule has 0 aromatic heterocycles. The number of nitrogens with one attached hydrogen (secondary N) is 1. The number of hydrogen-bond acceptors (Lipinski definition) is 5. The van der Waals surface area contributed by atoms with Gasteiger partial charge < -0.3 is 15.0 Å².